The molecule has 2 unspecified atom stereocenters. The number of para-hydroxylation sites is 1. The summed E-state index contributed by atoms with van der Waals surface area (Å²) in [5, 5.41) is 4.52. The molecule has 2 atom stereocenters. The van der Waals surface area contributed by atoms with Crippen molar-refractivity contribution in [2.75, 3.05) is 32.4 Å². The van der Waals surface area contributed by atoms with Gasteiger partial charge in [0.25, 0.3) is 16.0 Å². The van der Waals surface area contributed by atoms with E-state index in [2.05, 4.69) is 19.2 Å². The van der Waals surface area contributed by atoms with Crippen molar-refractivity contribution in [2.45, 2.75) is 12.5 Å². The summed E-state index contributed by atoms with van der Waals surface area (Å²) in [7, 11) is -4.11. The zero-order valence-corrected chi connectivity index (χ0v) is 16.7. The van der Waals surface area contributed by atoms with Crippen LogP contribution in [0, 0.1) is 0 Å². The monoisotopic (exact) mass is 438 g/mol. The lowest BCUT2D eigenvalue weighted by atomic mass is 10.1. The topological polar surface area (TPSA) is 137 Å². The van der Waals surface area contributed by atoms with Gasteiger partial charge in [-0.25, -0.2) is 9.59 Å². The van der Waals surface area contributed by atoms with Gasteiger partial charge in [-0.1, -0.05) is 27.4 Å². The summed E-state index contributed by atoms with van der Waals surface area (Å²) in [5.41, 5.74) is 0.357. The quantitative estimate of drug-likeness (QED) is 0.330. The first-order chi connectivity index (χ1) is 14.2. The molecular formula is C17H18N4O8S. The number of nitrogens with zero attached hydrogens (tertiary/aromatic N) is 4. The number of piperazine rings is 1. The normalized spacial score (nSPS) is 20.9. The van der Waals surface area contributed by atoms with Crippen LogP contribution in [0.1, 0.15) is 16.9 Å². The Kier molecular flexibility index (Phi) is 5.17. The van der Waals surface area contributed by atoms with Crippen LogP contribution in [0.4, 0.5) is 0 Å². The van der Waals surface area contributed by atoms with Crippen LogP contribution in [0.25, 0.3) is 10.9 Å². The zero-order chi connectivity index (χ0) is 21.5. The maximum Gasteiger partial charge on any atom is 0.453 e. The van der Waals surface area contributed by atoms with Crippen molar-refractivity contribution in [2.24, 2.45) is 0 Å². The second-order valence-corrected chi connectivity index (χ2v) is 8.55. The van der Waals surface area contributed by atoms with Crippen LogP contribution in [0.15, 0.2) is 24.3 Å². The van der Waals surface area contributed by atoms with E-state index in [1.54, 1.807) is 29.2 Å². The lowest BCUT2D eigenvalue weighted by molar-refractivity contribution is -0.216. The number of hydrogen-bond acceptors (Lipinski definition) is 10. The Bertz CT molecular complexity index is 1130. The summed E-state index contributed by atoms with van der Waals surface area (Å²) < 4.78 is 25.5. The first-order valence-electron chi connectivity index (χ1n) is 9.07. The van der Waals surface area contributed by atoms with Crippen LogP contribution in [-0.2, 0) is 28.9 Å². The highest BCUT2D eigenvalue weighted by atomic mass is 32.2. The largest absolute Gasteiger partial charge is 0.453 e. The summed E-state index contributed by atoms with van der Waals surface area (Å²) in [6.07, 6.45) is 1.51. The molecular weight excluding hydrogens is 420 g/mol. The Morgan fingerprint density at radius 1 is 1.10 bits per heavy atom. The van der Waals surface area contributed by atoms with Crippen LogP contribution in [0.5, 0.6) is 0 Å². The van der Waals surface area contributed by atoms with Gasteiger partial charge >= 0.3 is 11.9 Å². The van der Waals surface area contributed by atoms with Crippen molar-refractivity contribution in [3.05, 3.63) is 30.0 Å². The standard InChI is InChI=1S/C17H18N4O8S/c1-30(25,26)29-28-17(24)16(23)27-21-13-5-3-2-4-12(13)14(18-21)15(22)20-9-8-19-7-6-11(20)10-19/h2-5,11H,6-10H2,1H3. The van der Waals surface area contributed by atoms with E-state index in [9.17, 15) is 22.8 Å². The maximum absolute atomic E-state index is 13.2. The average molecular weight is 438 g/mol. The number of hydrogen-bond donors (Lipinski definition) is 0. The van der Waals surface area contributed by atoms with E-state index in [4.69, 9.17) is 4.84 Å². The fraction of sp³-hybridized carbons (Fsp3) is 0.412. The van der Waals surface area contributed by atoms with Gasteiger partial charge in [-0.05, 0) is 12.5 Å². The molecule has 2 fully saturated rings. The molecule has 4 rings (SSSR count). The predicted octanol–water partition coefficient (Wildman–Crippen LogP) is -1.04. The second kappa shape index (κ2) is 7.66. The first-order valence-corrected chi connectivity index (χ1v) is 10.9. The highest BCUT2D eigenvalue weighted by Gasteiger charge is 2.37. The minimum Gasteiger partial charge on any atom is -0.332 e. The molecule has 2 saturated heterocycles. The van der Waals surface area contributed by atoms with Crippen LogP contribution in [0.2, 0.25) is 0 Å². The van der Waals surface area contributed by atoms with Crippen molar-refractivity contribution in [3.63, 3.8) is 0 Å². The molecule has 12 nitrogen and oxygen atoms in total. The summed E-state index contributed by atoms with van der Waals surface area (Å²) in [6, 6.07) is 6.65. The van der Waals surface area contributed by atoms with Gasteiger partial charge in [-0.3, -0.25) is 14.6 Å². The third-order valence-corrected chi connectivity index (χ3v) is 5.25. The van der Waals surface area contributed by atoms with Crippen molar-refractivity contribution >= 4 is 38.9 Å². The van der Waals surface area contributed by atoms with Gasteiger partial charge in [0.15, 0.2) is 5.69 Å². The number of carbonyl (C=O) groups is 3. The molecule has 2 aliphatic rings. The van der Waals surface area contributed by atoms with Crippen molar-refractivity contribution < 1.29 is 36.9 Å². The van der Waals surface area contributed by atoms with Gasteiger partial charge in [-0.15, -0.1) is 5.10 Å². The Hall–Kier alpha value is -3.03. The van der Waals surface area contributed by atoms with E-state index in [0.29, 0.717) is 18.2 Å². The second-order valence-electron chi connectivity index (χ2n) is 7.00. The summed E-state index contributed by atoms with van der Waals surface area (Å²) in [4.78, 5) is 50.3. The smallest absolute Gasteiger partial charge is 0.332 e. The van der Waals surface area contributed by atoms with Gasteiger partial charge < -0.3 is 9.74 Å². The number of rotatable bonds is 4. The van der Waals surface area contributed by atoms with Crippen LogP contribution in [-0.4, -0.2) is 84.5 Å². The molecule has 0 N–H and O–H groups in total. The van der Waals surface area contributed by atoms with Crippen molar-refractivity contribution in [1.82, 2.24) is 19.7 Å². The Balaban J connectivity index is 1.57. The van der Waals surface area contributed by atoms with Crippen molar-refractivity contribution in [3.8, 4) is 0 Å². The van der Waals surface area contributed by atoms with Crippen molar-refractivity contribution in [1.29, 1.82) is 0 Å². The average Bonchev–Trinajstić information content (AvgIpc) is 3.26. The van der Waals surface area contributed by atoms with Gasteiger partial charge in [-0.2, -0.15) is 8.42 Å². The Morgan fingerprint density at radius 2 is 1.87 bits per heavy atom. The fourth-order valence-corrected chi connectivity index (χ4v) is 3.80. The number of aromatic nitrogens is 2. The molecule has 0 saturated carbocycles. The molecule has 2 aliphatic heterocycles. The Labute approximate surface area is 170 Å². The third-order valence-electron chi connectivity index (χ3n) is 4.93. The molecule has 0 spiro atoms. The number of carbonyl (C=O) groups excluding carboxylic acids is 3. The summed E-state index contributed by atoms with van der Waals surface area (Å²) in [5.74, 6) is -3.57. The molecule has 0 radical (unpaired) electrons. The van der Waals surface area contributed by atoms with E-state index < -0.39 is 22.1 Å². The molecule has 0 aliphatic carbocycles. The van der Waals surface area contributed by atoms with E-state index in [-0.39, 0.29) is 23.2 Å². The fourth-order valence-electron chi connectivity index (χ4n) is 3.61. The highest BCUT2D eigenvalue weighted by molar-refractivity contribution is 7.85. The maximum atomic E-state index is 13.2. The zero-order valence-electron chi connectivity index (χ0n) is 15.9. The summed E-state index contributed by atoms with van der Waals surface area (Å²) >= 11 is 0. The molecule has 30 heavy (non-hydrogen) atoms. The van der Waals surface area contributed by atoms with Gasteiger partial charge in [0.2, 0.25) is 0 Å². The lowest BCUT2D eigenvalue weighted by Crippen LogP contribution is -2.49. The van der Waals surface area contributed by atoms with Crippen LogP contribution >= 0.6 is 0 Å². The molecule has 2 aromatic rings. The number of amides is 1. The lowest BCUT2D eigenvalue weighted by Gasteiger charge is -2.33. The highest BCUT2D eigenvalue weighted by Crippen LogP contribution is 2.25. The SMILES string of the molecule is CS(=O)(=O)OOC(=O)C(=O)On1nc(C(=O)N2CCN3CCC2C3)c2ccccc21. The number of fused-ring (bicyclic) bond motifs is 3. The van der Waals surface area contributed by atoms with Gasteiger partial charge in [0, 0.05) is 37.6 Å². The van der Waals surface area contributed by atoms with Gasteiger partial charge in [0.05, 0.1) is 6.26 Å². The van der Waals surface area contributed by atoms with E-state index in [0.717, 1.165) is 30.9 Å². The summed E-state index contributed by atoms with van der Waals surface area (Å²) in [6.45, 7) is 3.10. The molecule has 1 amide bonds. The van der Waals surface area contributed by atoms with Gasteiger partial charge in [0.1, 0.15) is 5.52 Å². The first kappa shape index (κ1) is 20.3. The molecule has 1 aromatic heterocycles. The van der Waals surface area contributed by atoms with Crippen LogP contribution in [0.3, 0.4) is 0 Å². The van der Waals surface area contributed by atoms with Crippen LogP contribution < -0.4 is 4.84 Å². The molecule has 3 heterocycles. The van der Waals surface area contributed by atoms with E-state index in [1.165, 1.54) is 0 Å². The minimum atomic E-state index is -4.11. The number of benzene rings is 1. The molecule has 1 aromatic carbocycles. The van der Waals surface area contributed by atoms with E-state index in [1.807, 2.05) is 0 Å². The molecule has 13 heteroatoms. The minimum absolute atomic E-state index is 0.0829. The third kappa shape index (κ3) is 3.99. The predicted molar refractivity (Wildman–Crippen MR) is 99.2 cm³/mol. The molecule has 160 valence electrons. The molecule has 2 bridgehead atoms. The van der Waals surface area contributed by atoms with E-state index >= 15 is 0 Å². The Morgan fingerprint density at radius 3 is 2.63 bits per heavy atom.